The molecule has 0 rings (SSSR count). The van der Waals surface area contributed by atoms with Crippen molar-refractivity contribution >= 4 is 35.4 Å². The SMILES string of the molecule is CC(C)C(=O)COCCOCCOCCNC(=O)COCCOCCOCCNC(=O)CC[C@H](NC(=O)CCCCCCCCCCCCC(=O)O)C(=O)O. The average molecular weight is 792 g/mol. The van der Waals surface area contributed by atoms with Crippen molar-refractivity contribution in [3.63, 3.8) is 0 Å². The molecule has 0 unspecified atom stereocenters. The molecule has 3 amide bonds. The predicted octanol–water partition coefficient (Wildman–Crippen LogP) is 2.66. The van der Waals surface area contributed by atoms with E-state index in [-0.39, 0.29) is 94.7 Å². The van der Waals surface area contributed by atoms with Crippen molar-refractivity contribution in [2.45, 2.75) is 110 Å². The summed E-state index contributed by atoms with van der Waals surface area (Å²) in [7, 11) is 0. The van der Waals surface area contributed by atoms with Gasteiger partial charge in [-0.3, -0.25) is 24.0 Å². The molecule has 0 radical (unpaired) electrons. The molecule has 17 heteroatoms. The Bertz CT molecular complexity index is 1030. The third-order valence-corrected chi connectivity index (χ3v) is 8.08. The lowest BCUT2D eigenvalue weighted by atomic mass is 10.0. The van der Waals surface area contributed by atoms with Crippen molar-refractivity contribution in [1.82, 2.24) is 16.0 Å². The number of ketones is 1. The summed E-state index contributed by atoms with van der Waals surface area (Å²) in [5.41, 5.74) is 0. The molecule has 0 aromatic carbocycles. The van der Waals surface area contributed by atoms with Gasteiger partial charge in [0.2, 0.25) is 17.7 Å². The number of amides is 3. The van der Waals surface area contributed by atoms with E-state index in [9.17, 15) is 33.9 Å². The first-order valence-electron chi connectivity index (χ1n) is 19.8. The van der Waals surface area contributed by atoms with Gasteiger partial charge in [-0.25, -0.2) is 4.79 Å². The molecule has 0 aromatic rings. The lowest BCUT2D eigenvalue weighted by molar-refractivity contribution is -0.142. The van der Waals surface area contributed by atoms with Crippen LogP contribution < -0.4 is 16.0 Å². The van der Waals surface area contributed by atoms with Crippen LogP contribution in [-0.2, 0) is 57.2 Å². The van der Waals surface area contributed by atoms with Crippen LogP contribution in [0.3, 0.4) is 0 Å². The first-order chi connectivity index (χ1) is 26.5. The first kappa shape index (κ1) is 51.8. The highest BCUT2D eigenvalue weighted by Gasteiger charge is 2.20. The van der Waals surface area contributed by atoms with Gasteiger partial charge < -0.3 is 54.6 Å². The summed E-state index contributed by atoms with van der Waals surface area (Å²) < 4.78 is 32.0. The van der Waals surface area contributed by atoms with Gasteiger partial charge in [0.05, 0.1) is 66.1 Å². The largest absolute Gasteiger partial charge is 0.481 e. The number of carbonyl (C=O) groups excluding carboxylic acids is 4. The minimum atomic E-state index is -1.18. The maximum absolute atomic E-state index is 12.2. The predicted molar refractivity (Wildman–Crippen MR) is 203 cm³/mol. The molecule has 0 heterocycles. The number of carboxylic acid groups (broad SMARTS) is 2. The Morgan fingerprint density at radius 1 is 0.473 bits per heavy atom. The molecule has 5 N–H and O–H groups in total. The summed E-state index contributed by atoms with van der Waals surface area (Å²) in [6, 6.07) is -1.14. The summed E-state index contributed by atoms with van der Waals surface area (Å²) in [4.78, 5) is 69.7. The fourth-order valence-electron chi connectivity index (χ4n) is 4.82. The van der Waals surface area contributed by atoms with Crippen LogP contribution >= 0.6 is 0 Å². The summed E-state index contributed by atoms with van der Waals surface area (Å²) in [5.74, 6) is -2.86. The zero-order valence-electron chi connectivity index (χ0n) is 33.2. The highest BCUT2D eigenvalue weighted by molar-refractivity contribution is 5.84. The Hall–Kier alpha value is -3.22. The highest BCUT2D eigenvalue weighted by atomic mass is 16.6. The van der Waals surface area contributed by atoms with Crippen molar-refractivity contribution in [1.29, 1.82) is 0 Å². The fraction of sp³-hybridized carbons (Fsp3) is 0.842. The van der Waals surface area contributed by atoms with E-state index in [0.717, 1.165) is 57.8 Å². The van der Waals surface area contributed by atoms with Crippen LogP contribution in [-0.4, -0.2) is 144 Å². The van der Waals surface area contributed by atoms with E-state index in [1.165, 1.54) is 0 Å². The van der Waals surface area contributed by atoms with Crippen molar-refractivity contribution in [2.24, 2.45) is 5.92 Å². The van der Waals surface area contributed by atoms with E-state index in [1.54, 1.807) is 0 Å². The molecule has 0 saturated heterocycles. The number of rotatable bonds is 41. The van der Waals surface area contributed by atoms with Crippen molar-refractivity contribution in [3.8, 4) is 0 Å². The molecular formula is C38H69N3O14. The number of nitrogens with one attached hydrogen (secondary N) is 3. The minimum absolute atomic E-state index is 0.0195. The molecule has 0 fully saturated rings. The second-order valence-corrected chi connectivity index (χ2v) is 13.3. The highest BCUT2D eigenvalue weighted by Crippen LogP contribution is 2.12. The van der Waals surface area contributed by atoms with E-state index in [4.69, 9.17) is 33.5 Å². The van der Waals surface area contributed by atoms with Crippen LogP contribution in [0.15, 0.2) is 0 Å². The van der Waals surface area contributed by atoms with Crippen LogP contribution in [0.1, 0.15) is 104 Å². The molecule has 0 bridgehead atoms. The van der Waals surface area contributed by atoms with Gasteiger partial charge in [-0.1, -0.05) is 65.2 Å². The maximum atomic E-state index is 12.2. The van der Waals surface area contributed by atoms with Crippen LogP contribution in [0.5, 0.6) is 0 Å². The smallest absolute Gasteiger partial charge is 0.326 e. The van der Waals surface area contributed by atoms with Gasteiger partial charge in [-0.15, -0.1) is 0 Å². The second-order valence-electron chi connectivity index (χ2n) is 13.3. The Morgan fingerprint density at radius 2 is 0.891 bits per heavy atom. The lowest BCUT2D eigenvalue weighted by Gasteiger charge is -2.14. The van der Waals surface area contributed by atoms with E-state index in [0.29, 0.717) is 59.2 Å². The first-order valence-corrected chi connectivity index (χ1v) is 19.8. The van der Waals surface area contributed by atoms with E-state index >= 15 is 0 Å². The van der Waals surface area contributed by atoms with E-state index in [1.807, 2.05) is 13.8 Å². The molecule has 55 heavy (non-hydrogen) atoms. The van der Waals surface area contributed by atoms with Crippen LogP contribution in [0.25, 0.3) is 0 Å². The van der Waals surface area contributed by atoms with Gasteiger partial charge in [-0.2, -0.15) is 0 Å². The normalized spacial score (nSPS) is 11.7. The van der Waals surface area contributed by atoms with Crippen LogP contribution in [0.4, 0.5) is 0 Å². The number of ether oxygens (including phenoxy) is 6. The monoisotopic (exact) mass is 791 g/mol. The van der Waals surface area contributed by atoms with Crippen LogP contribution in [0.2, 0.25) is 0 Å². The Morgan fingerprint density at radius 3 is 1.36 bits per heavy atom. The maximum Gasteiger partial charge on any atom is 0.326 e. The number of unbranched alkanes of at least 4 members (excludes halogenated alkanes) is 9. The number of Topliss-reactive ketones (excluding diaryl/α,β-unsaturated/α-hetero) is 1. The molecule has 0 saturated carbocycles. The van der Waals surface area contributed by atoms with Gasteiger partial charge in [-0.05, 0) is 19.3 Å². The van der Waals surface area contributed by atoms with Crippen molar-refractivity contribution in [3.05, 3.63) is 0 Å². The third-order valence-electron chi connectivity index (χ3n) is 8.08. The Balaban J connectivity index is 3.60. The van der Waals surface area contributed by atoms with Crippen molar-refractivity contribution < 1.29 is 67.4 Å². The summed E-state index contributed by atoms with van der Waals surface area (Å²) >= 11 is 0. The van der Waals surface area contributed by atoms with Gasteiger partial charge in [0.1, 0.15) is 19.3 Å². The minimum Gasteiger partial charge on any atom is -0.481 e. The summed E-state index contributed by atoms with van der Waals surface area (Å²) in [6.07, 6.45) is 10.1. The van der Waals surface area contributed by atoms with E-state index in [2.05, 4.69) is 16.0 Å². The van der Waals surface area contributed by atoms with Crippen molar-refractivity contribution in [2.75, 3.05) is 92.4 Å². The molecule has 0 aromatic heterocycles. The molecule has 0 aliphatic heterocycles. The zero-order valence-corrected chi connectivity index (χ0v) is 33.2. The molecule has 17 nitrogen and oxygen atoms in total. The molecule has 0 spiro atoms. The molecule has 1 atom stereocenters. The van der Waals surface area contributed by atoms with Gasteiger partial charge in [0, 0.05) is 38.3 Å². The standard InChI is InChI=1S/C38H69N3O14/c1-31(2)33(42)29-54-27-25-52-23-22-51-20-18-40-36(45)30-55-28-26-53-24-21-50-19-17-39-34(43)16-15-32(38(48)49)41-35(44)13-11-9-7-5-3-4-6-8-10-12-14-37(46)47/h31-32H,3-30H2,1-2H3,(H,39,43)(H,40,45)(H,41,44)(H,46,47)(H,48,49)/t32-/m0/s1. The van der Waals surface area contributed by atoms with Gasteiger partial charge in [0.15, 0.2) is 5.78 Å². The molecule has 320 valence electrons. The molecule has 0 aliphatic carbocycles. The number of carboxylic acids is 2. The molecular weight excluding hydrogens is 722 g/mol. The topological polar surface area (TPSA) is 234 Å². The second kappa shape index (κ2) is 37.7. The quantitative estimate of drug-likeness (QED) is 0.0561. The fourth-order valence-corrected chi connectivity index (χ4v) is 4.82. The van der Waals surface area contributed by atoms with Gasteiger partial charge in [0.25, 0.3) is 0 Å². The third kappa shape index (κ3) is 37.5. The summed E-state index contributed by atoms with van der Waals surface area (Å²) in [6.45, 7) is 7.35. The van der Waals surface area contributed by atoms with E-state index < -0.39 is 18.0 Å². The van der Waals surface area contributed by atoms with Gasteiger partial charge >= 0.3 is 11.9 Å². The lowest BCUT2D eigenvalue weighted by Crippen LogP contribution is -2.41. The summed E-state index contributed by atoms with van der Waals surface area (Å²) in [5, 5.41) is 26.0. The number of hydrogen-bond acceptors (Lipinski definition) is 12. The zero-order chi connectivity index (χ0) is 40.8. The Labute approximate surface area is 326 Å². The number of carbonyl (C=O) groups is 6. The Kier molecular flexibility index (Phi) is 35.5. The van der Waals surface area contributed by atoms with Crippen LogP contribution in [0, 0.1) is 5.92 Å². The average Bonchev–Trinajstić information content (AvgIpc) is 3.14. The molecule has 0 aliphatic rings. The number of aliphatic carboxylic acids is 2. The number of hydrogen-bond donors (Lipinski definition) is 5.